The van der Waals surface area contributed by atoms with Crippen LogP contribution >= 0.6 is 0 Å². The predicted octanol–water partition coefficient (Wildman–Crippen LogP) is 7.14. The van der Waals surface area contributed by atoms with E-state index >= 15 is 0 Å². The first kappa shape index (κ1) is 35.4. The first-order valence-corrected chi connectivity index (χ1v) is 11.9. The van der Waals surface area contributed by atoms with E-state index in [9.17, 15) is 13.2 Å². The number of aromatic nitrogens is 1. The van der Waals surface area contributed by atoms with Crippen LogP contribution in [0.3, 0.4) is 0 Å². The number of aliphatic imine (C=N–C) groups is 2. The van der Waals surface area contributed by atoms with Gasteiger partial charge in [-0.2, -0.15) is 0 Å². The van der Waals surface area contributed by atoms with E-state index in [2.05, 4.69) is 86.7 Å². The Balaban J connectivity index is 0.00000120. The summed E-state index contributed by atoms with van der Waals surface area (Å²) in [5, 5.41) is 0. The minimum atomic E-state index is -5.09. The number of hydrogen-bond acceptors (Lipinski definition) is 5. The summed E-state index contributed by atoms with van der Waals surface area (Å²) in [7, 11) is 2.05. The van der Waals surface area contributed by atoms with E-state index in [0.717, 1.165) is 22.8 Å². The van der Waals surface area contributed by atoms with Crippen molar-refractivity contribution in [2.45, 2.75) is 47.9 Å². The van der Waals surface area contributed by atoms with Gasteiger partial charge in [0.25, 0.3) is 0 Å². The van der Waals surface area contributed by atoms with Gasteiger partial charge in [-0.15, -0.1) is 13.2 Å². The molecule has 0 aliphatic carbocycles. The van der Waals surface area contributed by atoms with Crippen LogP contribution in [-0.2, 0) is 39.7 Å². The molecule has 0 fully saturated rings. The van der Waals surface area contributed by atoms with Crippen molar-refractivity contribution in [1.82, 2.24) is 4.57 Å². The molecule has 1 aromatic heterocycles. The van der Waals surface area contributed by atoms with Crippen molar-refractivity contribution in [2.24, 2.45) is 17.0 Å². The Morgan fingerprint density at radius 3 is 1.37 bits per heavy atom. The fourth-order valence-corrected chi connectivity index (χ4v) is 4.05. The summed E-state index contributed by atoms with van der Waals surface area (Å²) in [5.41, 5.74) is 11.6. The maximum Gasteiger partial charge on any atom is 2.00 e. The average molecular weight is 591 g/mol. The van der Waals surface area contributed by atoms with Gasteiger partial charge in [-0.25, -0.2) is 8.39 Å². The molecule has 0 bridgehead atoms. The van der Waals surface area contributed by atoms with Gasteiger partial charge in [0.05, 0.1) is 46.6 Å². The second-order valence-electron chi connectivity index (χ2n) is 8.49. The Hall–Kier alpha value is -2.56. The summed E-state index contributed by atoms with van der Waals surface area (Å²) in [6.07, 6.45) is -1.22. The van der Waals surface area contributed by atoms with Gasteiger partial charge < -0.3 is 16.5 Å². The summed E-state index contributed by atoms with van der Waals surface area (Å²) in [5.74, 6) is 0. The number of benzene rings is 2. The van der Waals surface area contributed by atoms with Gasteiger partial charge in [0, 0.05) is 7.05 Å². The minimum Gasteiger partial charge on any atom is -0.750 e. The molecule has 0 amide bonds. The van der Waals surface area contributed by atoms with Crippen molar-refractivity contribution in [1.29, 1.82) is 0 Å². The Morgan fingerprint density at radius 1 is 0.816 bits per heavy atom. The van der Waals surface area contributed by atoms with Crippen LogP contribution in [0.25, 0.3) is 0 Å². The van der Waals surface area contributed by atoms with Crippen LogP contribution in [0.5, 0.6) is 0 Å². The normalized spacial score (nSPS) is 12.1. The van der Waals surface area contributed by atoms with Crippen LogP contribution in [0, 0.1) is 49.0 Å². The summed E-state index contributed by atoms with van der Waals surface area (Å²) in [6.45, 7) is 12.7. The van der Waals surface area contributed by atoms with Crippen LogP contribution in [0.1, 0.15) is 44.8 Å². The molecule has 208 valence electrons. The van der Waals surface area contributed by atoms with Gasteiger partial charge >= 0.3 is 23.4 Å². The zero-order chi connectivity index (χ0) is 27.2. The van der Waals surface area contributed by atoms with Crippen LogP contribution in [0.4, 0.5) is 24.5 Å². The molecule has 0 spiro atoms. The van der Waals surface area contributed by atoms with Crippen molar-refractivity contribution in [3.63, 3.8) is 0 Å². The van der Waals surface area contributed by atoms with E-state index in [1.165, 1.54) is 33.4 Å². The van der Waals surface area contributed by atoms with E-state index in [1.54, 1.807) is 0 Å². The third-order valence-corrected chi connectivity index (χ3v) is 5.61. The number of halogens is 3. The molecule has 6 nitrogen and oxygen atoms in total. The first-order valence-electron chi connectivity index (χ1n) is 10.9. The van der Waals surface area contributed by atoms with E-state index in [4.69, 9.17) is 18.7 Å². The molecule has 3 aromatic rings. The molecule has 0 radical (unpaired) electrons. The Morgan fingerprint density at radius 2 is 1.13 bits per heavy atom. The molecule has 11 heteroatoms. The summed E-state index contributed by atoms with van der Waals surface area (Å²) in [6, 6.07) is 12.9. The topological polar surface area (TPSA) is 79.0 Å². The second-order valence-corrected chi connectivity index (χ2v) is 9.06. The largest absolute Gasteiger partial charge is 2.00 e. The van der Waals surface area contributed by atoms with Crippen molar-refractivity contribution in [3.8, 4) is 0 Å². The summed E-state index contributed by atoms with van der Waals surface area (Å²) >= 11 is -3.51. The molecule has 1 heterocycles. The van der Waals surface area contributed by atoms with Crippen molar-refractivity contribution in [3.05, 3.63) is 88.6 Å². The third kappa shape index (κ3) is 10.7. The Labute approximate surface area is 236 Å². The van der Waals surface area contributed by atoms with E-state index in [-0.39, 0.29) is 24.5 Å². The molecule has 38 heavy (non-hydrogen) atoms. The number of nitrogens with zero attached hydrogens (tertiary/aromatic N) is 3. The molecule has 0 aliphatic rings. The molecule has 0 aliphatic heterocycles. The predicted molar refractivity (Wildman–Crippen MR) is 144 cm³/mol. The molecule has 2 aromatic carbocycles. The molecule has 1 atom stereocenters. The van der Waals surface area contributed by atoms with Gasteiger partial charge in [-0.05, 0) is 75.9 Å². The van der Waals surface area contributed by atoms with Crippen LogP contribution in [0.15, 0.2) is 46.4 Å². The van der Waals surface area contributed by atoms with E-state index in [0.29, 0.717) is 0 Å². The average Bonchev–Trinajstić information content (AvgIpc) is 3.04. The van der Waals surface area contributed by atoms with Crippen LogP contribution in [0.2, 0.25) is 0 Å². The summed E-state index contributed by atoms with van der Waals surface area (Å²) in [4.78, 5) is 9.51. The first-order chi connectivity index (χ1) is 16.7. The zero-order valence-corrected chi connectivity index (χ0v) is 24.5. The second kappa shape index (κ2) is 15.1. The molecule has 0 saturated carbocycles. The van der Waals surface area contributed by atoms with Gasteiger partial charge in [0.2, 0.25) is 0 Å². The Kier molecular flexibility index (Phi) is 14.1. The molecule has 3 rings (SSSR count). The molecule has 0 saturated heterocycles. The standard InChI is InChI=1S/C25H29N3.CHF3O3S.CH3.Fe/c1-16-10-18(3)24(19(4)11-16)26-14-22-8-9-23(28(22)7)15-27-25-20(5)12-17(2)13-21(25)6;2-1(3,4)7-8(5)6;;/h8-15H,1-7H3;(H,5,6);1H3;/q;;-1;+2/p-1. The maximum absolute atomic E-state index is 10.7. The Bertz CT molecular complexity index is 1190. The van der Waals surface area contributed by atoms with Crippen molar-refractivity contribution in [2.75, 3.05) is 0 Å². The third-order valence-electron chi connectivity index (χ3n) is 5.28. The van der Waals surface area contributed by atoms with Gasteiger partial charge in [-0.3, -0.25) is 9.98 Å². The number of aryl methyl sites for hydroxylation is 6. The van der Waals surface area contributed by atoms with E-state index < -0.39 is 17.7 Å². The summed E-state index contributed by atoms with van der Waals surface area (Å²) < 4.78 is 54.7. The smallest absolute Gasteiger partial charge is 0.750 e. The van der Waals surface area contributed by atoms with Crippen LogP contribution in [-0.4, -0.2) is 32.1 Å². The fraction of sp³-hybridized carbons (Fsp3) is 0.296. The number of rotatable bonds is 5. The molecule has 0 N–H and O–H groups in total. The number of hydrogen-bond donors (Lipinski definition) is 0. The van der Waals surface area contributed by atoms with Crippen molar-refractivity contribution < 1.29 is 43.2 Å². The minimum absolute atomic E-state index is 0. The van der Waals surface area contributed by atoms with E-state index in [1.807, 2.05) is 19.5 Å². The van der Waals surface area contributed by atoms with Crippen molar-refractivity contribution >= 4 is 35.2 Å². The van der Waals surface area contributed by atoms with Crippen LogP contribution < -0.4 is 0 Å². The maximum atomic E-state index is 10.7. The SMILES string of the molecule is Cc1cc(C)c(N=Cc2ccc(C=Nc3c(C)cc(C)cc3C)n2C)c(C)c1.O=S([O-])OC(F)(F)F.[CH3-].[Fe+2]. The molecular weight excluding hydrogens is 559 g/mol. The monoisotopic (exact) mass is 591 g/mol. The van der Waals surface area contributed by atoms with Gasteiger partial charge in [-0.1, -0.05) is 35.4 Å². The number of alkyl halides is 3. The fourth-order valence-electron chi connectivity index (χ4n) is 3.89. The zero-order valence-electron chi connectivity index (χ0n) is 22.6. The van der Waals surface area contributed by atoms with Gasteiger partial charge in [0.1, 0.15) is 0 Å². The quantitative estimate of drug-likeness (QED) is 0.137. The molecule has 1 unspecified atom stereocenters. The molecular formula is C27H32F3FeN3O3S. The van der Waals surface area contributed by atoms with Gasteiger partial charge in [0.15, 0.2) is 0 Å².